The van der Waals surface area contributed by atoms with Crippen molar-refractivity contribution in [3.8, 4) is 11.5 Å². The molecule has 0 saturated carbocycles. The fraction of sp³-hybridized carbons (Fsp3) is 0.353. The number of carbonyl (C=O) groups is 1. The highest BCUT2D eigenvalue weighted by molar-refractivity contribution is 5.91. The summed E-state index contributed by atoms with van der Waals surface area (Å²) in [5.74, 6) is 1.32. The second-order valence-corrected chi connectivity index (χ2v) is 4.34. The van der Waals surface area contributed by atoms with Crippen molar-refractivity contribution in [3.63, 3.8) is 0 Å². The largest absolute Gasteiger partial charge is 0.493 e. The van der Waals surface area contributed by atoms with E-state index in [-0.39, 0.29) is 5.91 Å². The van der Waals surface area contributed by atoms with E-state index in [2.05, 4.69) is 6.58 Å². The zero-order valence-electron chi connectivity index (χ0n) is 13.0. The Balaban J connectivity index is 2.84. The zero-order chi connectivity index (χ0) is 15.7. The molecule has 0 unspecified atom stereocenters. The second-order valence-electron chi connectivity index (χ2n) is 4.34. The van der Waals surface area contributed by atoms with Gasteiger partial charge in [-0.15, -0.1) is 6.58 Å². The third-order valence-electron chi connectivity index (χ3n) is 2.95. The lowest BCUT2D eigenvalue weighted by molar-refractivity contribution is -0.125. The summed E-state index contributed by atoms with van der Waals surface area (Å²) in [6.07, 6.45) is 5.05. The maximum absolute atomic E-state index is 12.0. The molecule has 0 aliphatic rings. The second kappa shape index (κ2) is 8.84. The fourth-order valence-electron chi connectivity index (χ4n) is 1.87. The third-order valence-corrected chi connectivity index (χ3v) is 2.95. The molecule has 0 aliphatic heterocycles. The molecule has 0 saturated heterocycles. The van der Waals surface area contributed by atoms with Crippen molar-refractivity contribution in [2.75, 3.05) is 26.8 Å². The van der Waals surface area contributed by atoms with E-state index in [1.54, 1.807) is 30.2 Å². The Morgan fingerprint density at radius 2 is 2.10 bits per heavy atom. The summed E-state index contributed by atoms with van der Waals surface area (Å²) in [5.41, 5.74) is 0.887. The molecule has 0 bridgehead atoms. The van der Waals surface area contributed by atoms with Crippen LogP contribution in [0.1, 0.15) is 19.4 Å². The van der Waals surface area contributed by atoms with E-state index < -0.39 is 0 Å². The molecule has 0 N–H and O–H groups in total. The lowest BCUT2D eigenvalue weighted by atomic mass is 10.2. The minimum absolute atomic E-state index is 0.0368. The van der Waals surface area contributed by atoms with Crippen LogP contribution < -0.4 is 9.47 Å². The molecule has 0 fully saturated rings. The van der Waals surface area contributed by atoms with Crippen LogP contribution in [0.5, 0.6) is 11.5 Å². The number of carbonyl (C=O) groups excluding carboxylic acids is 1. The molecular formula is C17H23NO3. The SMILES string of the molecule is C=CCN(CC)C(=O)/C=C/c1ccc(OCC)c(OC)c1. The summed E-state index contributed by atoms with van der Waals surface area (Å²) in [6.45, 7) is 9.29. The Bertz CT molecular complexity index is 509. The van der Waals surface area contributed by atoms with Crippen molar-refractivity contribution < 1.29 is 14.3 Å². The monoisotopic (exact) mass is 289 g/mol. The van der Waals surface area contributed by atoms with Crippen molar-refractivity contribution in [1.29, 1.82) is 0 Å². The summed E-state index contributed by atoms with van der Waals surface area (Å²) >= 11 is 0. The van der Waals surface area contributed by atoms with Gasteiger partial charge in [-0.2, -0.15) is 0 Å². The average Bonchev–Trinajstić information content (AvgIpc) is 2.51. The highest BCUT2D eigenvalue weighted by Gasteiger charge is 2.07. The molecule has 21 heavy (non-hydrogen) atoms. The van der Waals surface area contributed by atoms with Gasteiger partial charge in [0.15, 0.2) is 11.5 Å². The van der Waals surface area contributed by atoms with Gasteiger partial charge in [0.1, 0.15) is 0 Å². The van der Waals surface area contributed by atoms with Gasteiger partial charge in [-0.25, -0.2) is 0 Å². The first-order chi connectivity index (χ1) is 10.2. The lowest BCUT2D eigenvalue weighted by Gasteiger charge is -2.16. The maximum atomic E-state index is 12.0. The van der Waals surface area contributed by atoms with E-state index in [4.69, 9.17) is 9.47 Å². The number of likely N-dealkylation sites (N-methyl/N-ethyl adjacent to an activating group) is 1. The molecule has 4 heteroatoms. The Kier molecular flexibility index (Phi) is 7.09. The van der Waals surface area contributed by atoms with Gasteiger partial charge in [-0.3, -0.25) is 4.79 Å². The molecule has 1 amide bonds. The Labute approximate surface area is 126 Å². The molecule has 1 aromatic carbocycles. The molecule has 0 aliphatic carbocycles. The van der Waals surface area contributed by atoms with Crippen LogP contribution in [0.4, 0.5) is 0 Å². The van der Waals surface area contributed by atoms with E-state index in [1.807, 2.05) is 32.0 Å². The number of hydrogen-bond donors (Lipinski definition) is 0. The minimum atomic E-state index is -0.0368. The summed E-state index contributed by atoms with van der Waals surface area (Å²) in [7, 11) is 1.60. The number of ether oxygens (including phenoxy) is 2. The predicted octanol–water partition coefficient (Wildman–Crippen LogP) is 3.14. The van der Waals surface area contributed by atoms with Crippen molar-refractivity contribution in [2.45, 2.75) is 13.8 Å². The first-order valence-electron chi connectivity index (χ1n) is 7.04. The van der Waals surface area contributed by atoms with Crippen LogP contribution in [0.3, 0.4) is 0 Å². The smallest absolute Gasteiger partial charge is 0.246 e. The van der Waals surface area contributed by atoms with Gasteiger partial charge in [0.05, 0.1) is 13.7 Å². The van der Waals surface area contributed by atoms with Crippen molar-refractivity contribution in [3.05, 3.63) is 42.5 Å². The Hall–Kier alpha value is -2.23. The molecule has 0 spiro atoms. The molecule has 114 valence electrons. The van der Waals surface area contributed by atoms with E-state index >= 15 is 0 Å². The van der Waals surface area contributed by atoms with E-state index in [0.29, 0.717) is 31.2 Å². The molecule has 0 radical (unpaired) electrons. The third kappa shape index (κ3) is 4.99. The average molecular weight is 289 g/mol. The number of nitrogens with zero attached hydrogens (tertiary/aromatic N) is 1. The minimum Gasteiger partial charge on any atom is -0.493 e. The van der Waals surface area contributed by atoms with E-state index in [0.717, 1.165) is 5.56 Å². The Morgan fingerprint density at radius 3 is 2.67 bits per heavy atom. The maximum Gasteiger partial charge on any atom is 0.246 e. The number of rotatable bonds is 8. The van der Waals surface area contributed by atoms with Crippen LogP contribution in [-0.2, 0) is 4.79 Å². The van der Waals surface area contributed by atoms with Crippen LogP contribution in [0, 0.1) is 0 Å². The lowest BCUT2D eigenvalue weighted by Crippen LogP contribution is -2.29. The Morgan fingerprint density at radius 1 is 1.33 bits per heavy atom. The summed E-state index contributed by atoms with van der Waals surface area (Å²) in [6, 6.07) is 5.58. The first kappa shape index (κ1) is 16.8. The van der Waals surface area contributed by atoms with Gasteiger partial charge in [0, 0.05) is 19.2 Å². The van der Waals surface area contributed by atoms with Crippen LogP contribution in [0.15, 0.2) is 36.9 Å². The standard InChI is InChI=1S/C17H23NO3/c1-5-12-18(6-2)17(19)11-9-14-8-10-15(21-7-3)16(13-14)20-4/h5,8-11,13H,1,6-7,12H2,2-4H3/b11-9+. The molecule has 0 atom stereocenters. The molecule has 1 rings (SSSR count). The fourth-order valence-corrected chi connectivity index (χ4v) is 1.87. The first-order valence-corrected chi connectivity index (χ1v) is 7.04. The molecule has 0 aromatic heterocycles. The summed E-state index contributed by atoms with van der Waals surface area (Å²) < 4.78 is 10.7. The zero-order valence-corrected chi connectivity index (χ0v) is 13.0. The molecular weight excluding hydrogens is 266 g/mol. The van der Waals surface area contributed by atoms with Gasteiger partial charge in [0.25, 0.3) is 0 Å². The number of amides is 1. The number of methoxy groups -OCH3 is 1. The van der Waals surface area contributed by atoms with Gasteiger partial charge >= 0.3 is 0 Å². The number of hydrogen-bond acceptors (Lipinski definition) is 3. The van der Waals surface area contributed by atoms with Gasteiger partial charge in [0.2, 0.25) is 5.91 Å². The highest BCUT2D eigenvalue weighted by atomic mass is 16.5. The van der Waals surface area contributed by atoms with E-state index in [9.17, 15) is 4.79 Å². The summed E-state index contributed by atoms with van der Waals surface area (Å²) in [4.78, 5) is 13.7. The molecule has 0 heterocycles. The van der Waals surface area contributed by atoms with E-state index in [1.165, 1.54) is 0 Å². The van der Waals surface area contributed by atoms with Crippen LogP contribution in [-0.4, -0.2) is 37.6 Å². The molecule has 4 nitrogen and oxygen atoms in total. The molecule has 1 aromatic rings. The normalized spacial score (nSPS) is 10.4. The van der Waals surface area contributed by atoms with Crippen LogP contribution in [0.2, 0.25) is 0 Å². The van der Waals surface area contributed by atoms with Gasteiger partial charge in [-0.1, -0.05) is 12.1 Å². The van der Waals surface area contributed by atoms with Crippen molar-refractivity contribution in [1.82, 2.24) is 4.90 Å². The van der Waals surface area contributed by atoms with Crippen LogP contribution >= 0.6 is 0 Å². The van der Waals surface area contributed by atoms with Gasteiger partial charge < -0.3 is 14.4 Å². The predicted molar refractivity (Wildman–Crippen MR) is 85.6 cm³/mol. The van der Waals surface area contributed by atoms with Crippen molar-refractivity contribution in [2.24, 2.45) is 0 Å². The highest BCUT2D eigenvalue weighted by Crippen LogP contribution is 2.28. The quantitative estimate of drug-likeness (QED) is 0.545. The summed E-state index contributed by atoms with van der Waals surface area (Å²) in [5, 5.41) is 0. The topological polar surface area (TPSA) is 38.8 Å². The number of benzene rings is 1. The van der Waals surface area contributed by atoms with Crippen molar-refractivity contribution >= 4 is 12.0 Å². The van der Waals surface area contributed by atoms with Gasteiger partial charge in [-0.05, 0) is 37.6 Å². The van der Waals surface area contributed by atoms with Crippen LogP contribution in [0.25, 0.3) is 6.08 Å².